The number of aromatic nitrogens is 2. The SMILES string of the molecule is O=C(O)c1cccc2ncn(-c3c(F)cc(F)cc3F)c12. The Morgan fingerprint density at radius 2 is 1.81 bits per heavy atom. The maximum atomic E-state index is 13.9. The van der Waals surface area contributed by atoms with E-state index >= 15 is 0 Å². The van der Waals surface area contributed by atoms with Crippen LogP contribution in [0.2, 0.25) is 0 Å². The number of halogens is 3. The molecule has 0 saturated carbocycles. The molecule has 106 valence electrons. The third kappa shape index (κ3) is 2.03. The Morgan fingerprint density at radius 3 is 2.43 bits per heavy atom. The van der Waals surface area contributed by atoms with Crippen LogP contribution in [0.15, 0.2) is 36.7 Å². The normalized spacial score (nSPS) is 11.0. The van der Waals surface area contributed by atoms with Crippen molar-refractivity contribution in [2.24, 2.45) is 0 Å². The minimum Gasteiger partial charge on any atom is -0.478 e. The standard InChI is InChI=1S/C14H7F3N2O2/c15-7-4-9(16)13(10(17)5-7)19-6-18-11-3-1-2-8(12(11)19)14(20)21/h1-6H,(H,20,21). The van der Waals surface area contributed by atoms with Crippen LogP contribution in [-0.2, 0) is 0 Å². The molecule has 0 aliphatic carbocycles. The summed E-state index contributed by atoms with van der Waals surface area (Å²) in [6, 6.07) is 5.32. The Kier molecular flexibility index (Phi) is 2.90. The molecule has 1 N–H and O–H groups in total. The molecule has 3 aromatic rings. The molecule has 21 heavy (non-hydrogen) atoms. The predicted molar refractivity (Wildman–Crippen MR) is 67.9 cm³/mol. The van der Waals surface area contributed by atoms with Gasteiger partial charge in [-0.25, -0.2) is 22.9 Å². The Hall–Kier alpha value is -2.83. The van der Waals surface area contributed by atoms with E-state index in [1.165, 1.54) is 18.2 Å². The second-order valence-electron chi connectivity index (χ2n) is 4.31. The van der Waals surface area contributed by atoms with Crippen molar-refractivity contribution in [3.8, 4) is 5.69 Å². The topological polar surface area (TPSA) is 55.1 Å². The van der Waals surface area contributed by atoms with Crippen molar-refractivity contribution in [3.05, 3.63) is 59.7 Å². The molecule has 7 heteroatoms. The molecule has 0 radical (unpaired) electrons. The van der Waals surface area contributed by atoms with E-state index in [1.54, 1.807) is 0 Å². The molecule has 1 heterocycles. The first kappa shape index (κ1) is 13.2. The predicted octanol–water partition coefficient (Wildman–Crippen LogP) is 3.14. The van der Waals surface area contributed by atoms with Crippen LogP contribution in [0.5, 0.6) is 0 Å². The number of fused-ring (bicyclic) bond motifs is 1. The monoisotopic (exact) mass is 292 g/mol. The Bertz CT molecular complexity index is 851. The zero-order chi connectivity index (χ0) is 15.1. The number of carboxylic acid groups (broad SMARTS) is 1. The zero-order valence-corrected chi connectivity index (χ0v) is 10.3. The van der Waals surface area contributed by atoms with Gasteiger partial charge in [-0.3, -0.25) is 4.57 Å². The smallest absolute Gasteiger partial charge is 0.337 e. The van der Waals surface area contributed by atoms with E-state index in [2.05, 4.69) is 4.98 Å². The lowest BCUT2D eigenvalue weighted by molar-refractivity contribution is 0.0698. The van der Waals surface area contributed by atoms with Crippen LogP contribution < -0.4 is 0 Å². The average Bonchev–Trinajstić information content (AvgIpc) is 2.81. The highest BCUT2D eigenvalue weighted by Gasteiger charge is 2.19. The lowest BCUT2D eigenvalue weighted by Gasteiger charge is -2.09. The fourth-order valence-corrected chi connectivity index (χ4v) is 2.17. The maximum Gasteiger partial charge on any atom is 0.337 e. The Balaban J connectivity index is 2.39. The number of rotatable bonds is 2. The molecule has 0 aliphatic rings. The van der Waals surface area contributed by atoms with Crippen molar-refractivity contribution < 1.29 is 23.1 Å². The number of imidazole rings is 1. The van der Waals surface area contributed by atoms with Gasteiger partial charge in [-0.2, -0.15) is 0 Å². The van der Waals surface area contributed by atoms with Gasteiger partial charge in [0.25, 0.3) is 0 Å². The lowest BCUT2D eigenvalue weighted by Crippen LogP contribution is -2.05. The number of para-hydroxylation sites is 1. The summed E-state index contributed by atoms with van der Waals surface area (Å²) >= 11 is 0. The Morgan fingerprint density at radius 1 is 1.14 bits per heavy atom. The van der Waals surface area contributed by atoms with E-state index in [0.29, 0.717) is 12.1 Å². The van der Waals surface area contributed by atoms with Gasteiger partial charge in [0.1, 0.15) is 17.8 Å². The van der Waals surface area contributed by atoms with Gasteiger partial charge in [-0.05, 0) is 12.1 Å². The molecular formula is C14H7F3N2O2. The largest absolute Gasteiger partial charge is 0.478 e. The molecule has 3 rings (SSSR count). The summed E-state index contributed by atoms with van der Waals surface area (Å²) in [7, 11) is 0. The van der Waals surface area contributed by atoms with Crippen molar-refractivity contribution in [1.82, 2.24) is 9.55 Å². The van der Waals surface area contributed by atoms with Crippen molar-refractivity contribution >= 4 is 17.0 Å². The van der Waals surface area contributed by atoms with Crippen LogP contribution in [0, 0.1) is 17.5 Å². The van der Waals surface area contributed by atoms with Crippen LogP contribution in [0.1, 0.15) is 10.4 Å². The molecule has 0 spiro atoms. The first-order valence-corrected chi connectivity index (χ1v) is 5.83. The number of carbonyl (C=O) groups is 1. The minimum absolute atomic E-state index is 0.0365. The summed E-state index contributed by atoms with van der Waals surface area (Å²) in [4.78, 5) is 15.1. The summed E-state index contributed by atoms with van der Waals surface area (Å²) in [5.41, 5.74) is -0.437. The molecule has 0 unspecified atom stereocenters. The average molecular weight is 292 g/mol. The number of carboxylic acids is 1. The van der Waals surface area contributed by atoms with Gasteiger partial charge in [-0.15, -0.1) is 0 Å². The summed E-state index contributed by atoms with van der Waals surface area (Å²) in [5.74, 6) is -4.61. The van der Waals surface area contributed by atoms with Crippen LogP contribution in [0.25, 0.3) is 16.7 Å². The highest BCUT2D eigenvalue weighted by atomic mass is 19.1. The quantitative estimate of drug-likeness (QED) is 0.789. The molecule has 1 aromatic heterocycles. The van der Waals surface area contributed by atoms with Crippen molar-refractivity contribution in [2.75, 3.05) is 0 Å². The van der Waals surface area contributed by atoms with E-state index in [0.717, 1.165) is 10.9 Å². The van der Waals surface area contributed by atoms with Crippen LogP contribution in [-0.4, -0.2) is 20.6 Å². The van der Waals surface area contributed by atoms with Gasteiger partial charge in [0.15, 0.2) is 11.6 Å². The highest BCUT2D eigenvalue weighted by molar-refractivity contribution is 6.01. The van der Waals surface area contributed by atoms with Crippen LogP contribution >= 0.6 is 0 Å². The fraction of sp³-hybridized carbons (Fsp3) is 0. The number of nitrogens with zero attached hydrogens (tertiary/aromatic N) is 2. The van der Waals surface area contributed by atoms with Crippen molar-refractivity contribution in [2.45, 2.75) is 0 Å². The molecule has 0 aliphatic heterocycles. The summed E-state index contributed by atoms with van der Waals surface area (Å²) in [6.45, 7) is 0. The van der Waals surface area contributed by atoms with Crippen molar-refractivity contribution in [1.29, 1.82) is 0 Å². The van der Waals surface area contributed by atoms with Gasteiger partial charge in [-0.1, -0.05) is 6.07 Å². The molecule has 0 amide bonds. The number of benzene rings is 2. The molecule has 0 saturated heterocycles. The maximum absolute atomic E-state index is 13.9. The molecule has 0 fully saturated rings. The van der Waals surface area contributed by atoms with E-state index in [4.69, 9.17) is 5.11 Å². The molecule has 0 bridgehead atoms. The minimum atomic E-state index is -1.26. The van der Waals surface area contributed by atoms with E-state index in [9.17, 15) is 18.0 Å². The van der Waals surface area contributed by atoms with Crippen molar-refractivity contribution in [3.63, 3.8) is 0 Å². The summed E-state index contributed by atoms with van der Waals surface area (Å²) < 4.78 is 41.7. The second kappa shape index (κ2) is 4.62. The zero-order valence-electron chi connectivity index (χ0n) is 10.3. The van der Waals surface area contributed by atoms with Gasteiger partial charge >= 0.3 is 5.97 Å². The Labute approximate surface area is 116 Å². The molecule has 2 aromatic carbocycles. The first-order chi connectivity index (χ1) is 9.99. The van der Waals surface area contributed by atoms with Gasteiger partial charge < -0.3 is 5.11 Å². The van der Waals surface area contributed by atoms with Gasteiger partial charge in [0.05, 0.1) is 16.6 Å². The van der Waals surface area contributed by atoms with E-state index in [1.807, 2.05) is 0 Å². The fourth-order valence-electron chi connectivity index (χ4n) is 2.17. The molecule has 0 atom stereocenters. The first-order valence-electron chi connectivity index (χ1n) is 5.83. The molecule has 4 nitrogen and oxygen atoms in total. The van der Waals surface area contributed by atoms with E-state index in [-0.39, 0.29) is 16.6 Å². The highest BCUT2D eigenvalue weighted by Crippen LogP contribution is 2.26. The van der Waals surface area contributed by atoms with E-state index < -0.39 is 29.1 Å². The molecular weight excluding hydrogens is 285 g/mol. The van der Waals surface area contributed by atoms with Crippen LogP contribution in [0.4, 0.5) is 13.2 Å². The number of hydrogen-bond acceptors (Lipinski definition) is 2. The van der Waals surface area contributed by atoms with Gasteiger partial charge in [0.2, 0.25) is 0 Å². The second-order valence-corrected chi connectivity index (χ2v) is 4.31. The lowest BCUT2D eigenvalue weighted by atomic mass is 10.1. The van der Waals surface area contributed by atoms with Gasteiger partial charge in [0, 0.05) is 12.1 Å². The summed E-state index contributed by atoms with van der Waals surface area (Å²) in [5, 5.41) is 9.17. The number of aromatic carboxylic acids is 1. The third-order valence-electron chi connectivity index (χ3n) is 3.02. The van der Waals surface area contributed by atoms with Crippen LogP contribution in [0.3, 0.4) is 0 Å². The number of hydrogen-bond donors (Lipinski definition) is 1. The summed E-state index contributed by atoms with van der Waals surface area (Å²) in [6.07, 6.45) is 1.09. The third-order valence-corrected chi connectivity index (χ3v) is 3.02.